The predicted octanol–water partition coefficient (Wildman–Crippen LogP) is 3.59. The van der Waals surface area contributed by atoms with Gasteiger partial charge >= 0.3 is 0 Å². The highest BCUT2D eigenvalue weighted by molar-refractivity contribution is 6.05. The number of amides is 2. The smallest absolute Gasteiger partial charge is 0.255 e. The number of benzene rings is 2. The zero-order valence-corrected chi connectivity index (χ0v) is 14.7. The Morgan fingerprint density at radius 1 is 0.960 bits per heavy atom. The quantitative estimate of drug-likeness (QED) is 0.752. The van der Waals surface area contributed by atoms with Gasteiger partial charge < -0.3 is 15.7 Å². The average Bonchev–Trinajstić information content (AvgIpc) is 2.59. The molecule has 25 heavy (non-hydrogen) atoms. The minimum atomic E-state index is -0.679. The molecular weight excluding hydrogens is 316 g/mol. The van der Waals surface area contributed by atoms with Crippen LogP contribution in [0, 0.1) is 12.8 Å². The summed E-state index contributed by atoms with van der Waals surface area (Å²) in [4.78, 5) is 24.4. The molecule has 1 atom stereocenters. The molecule has 2 aromatic carbocycles. The van der Waals surface area contributed by atoms with Crippen LogP contribution < -0.4 is 10.6 Å². The zero-order chi connectivity index (χ0) is 18.4. The second kappa shape index (κ2) is 8.44. The number of aliphatic hydroxyl groups excluding tert-OH is 1. The van der Waals surface area contributed by atoms with E-state index >= 15 is 0 Å². The van der Waals surface area contributed by atoms with E-state index in [1.807, 2.05) is 26.8 Å². The molecule has 0 aliphatic rings. The van der Waals surface area contributed by atoms with Crippen LogP contribution in [0.4, 0.5) is 11.4 Å². The molecule has 1 unspecified atom stereocenters. The van der Waals surface area contributed by atoms with Gasteiger partial charge in [-0.3, -0.25) is 9.59 Å². The van der Waals surface area contributed by atoms with Crippen molar-refractivity contribution in [2.75, 3.05) is 10.6 Å². The molecule has 3 N–H and O–H groups in total. The van der Waals surface area contributed by atoms with Crippen molar-refractivity contribution in [2.24, 2.45) is 5.92 Å². The minimum absolute atomic E-state index is 0.0170. The Morgan fingerprint density at radius 2 is 1.56 bits per heavy atom. The van der Waals surface area contributed by atoms with E-state index < -0.39 is 6.10 Å². The van der Waals surface area contributed by atoms with Crippen LogP contribution >= 0.6 is 0 Å². The molecular formula is C20H24N2O3. The molecule has 0 saturated carbocycles. The zero-order valence-electron chi connectivity index (χ0n) is 14.7. The lowest BCUT2D eigenvalue weighted by molar-refractivity contribution is -0.118. The van der Waals surface area contributed by atoms with Gasteiger partial charge in [-0.05, 0) is 42.7 Å². The van der Waals surface area contributed by atoms with Gasteiger partial charge in [0, 0.05) is 16.9 Å². The van der Waals surface area contributed by atoms with Crippen LogP contribution in [0.2, 0.25) is 0 Å². The summed E-state index contributed by atoms with van der Waals surface area (Å²) in [5, 5.41) is 15.5. The monoisotopic (exact) mass is 340 g/mol. The number of aliphatic hydroxyl groups is 1. The van der Waals surface area contributed by atoms with Gasteiger partial charge in [0.05, 0.1) is 12.5 Å². The van der Waals surface area contributed by atoms with Crippen molar-refractivity contribution in [3.63, 3.8) is 0 Å². The summed E-state index contributed by atoms with van der Waals surface area (Å²) < 4.78 is 0. The first kappa shape index (κ1) is 18.7. The van der Waals surface area contributed by atoms with Gasteiger partial charge in [-0.1, -0.05) is 38.1 Å². The number of hydrogen-bond acceptors (Lipinski definition) is 3. The Hall–Kier alpha value is -2.66. The van der Waals surface area contributed by atoms with E-state index in [9.17, 15) is 14.7 Å². The molecule has 5 heteroatoms. The summed E-state index contributed by atoms with van der Waals surface area (Å²) in [6, 6.07) is 14.3. The van der Waals surface area contributed by atoms with Gasteiger partial charge in [0.2, 0.25) is 5.91 Å². The van der Waals surface area contributed by atoms with Crippen LogP contribution in [0.3, 0.4) is 0 Å². The van der Waals surface area contributed by atoms with Crippen LogP contribution in [0.25, 0.3) is 0 Å². The molecule has 0 radical (unpaired) electrons. The summed E-state index contributed by atoms with van der Waals surface area (Å²) in [5.41, 5.74) is 2.58. The van der Waals surface area contributed by atoms with Gasteiger partial charge in [0.25, 0.3) is 5.91 Å². The summed E-state index contributed by atoms with van der Waals surface area (Å²) >= 11 is 0. The van der Waals surface area contributed by atoms with Crippen molar-refractivity contribution in [1.82, 2.24) is 0 Å². The highest BCUT2D eigenvalue weighted by atomic mass is 16.3. The maximum atomic E-state index is 12.3. The maximum Gasteiger partial charge on any atom is 0.255 e. The molecule has 0 bridgehead atoms. The number of carbonyl (C=O) groups is 2. The molecule has 0 fully saturated rings. The lowest BCUT2D eigenvalue weighted by Gasteiger charge is -2.16. The Labute approximate surface area is 148 Å². The minimum Gasteiger partial charge on any atom is -0.392 e. The van der Waals surface area contributed by atoms with E-state index in [0.717, 1.165) is 5.56 Å². The molecule has 0 aliphatic heterocycles. The Balaban J connectivity index is 2.09. The lowest BCUT2D eigenvalue weighted by Crippen LogP contribution is -2.24. The molecule has 132 valence electrons. The fourth-order valence-corrected chi connectivity index (χ4v) is 2.32. The summed E-state index contributed by atoms with van der Waals surface area (Å²) in [5.74, 6) is -0.443. The van der Waals surface area contributed by atoms with Crippen molar-refractivity contribution in [3.8, 4) is 0 Å². The third kappa shape index (κ3) is 5.16. The second-order valence-corrected chi connectivity index (χ2v) is 6.36. The molecule has 0 aliphatic carbocycles. The van der Waals surface area contributed by atoms with Gasteiger partial charge in [-0.25, -0.2) is 0 Å². The molecule has 2 amide bonds. The fourth-order valence-electron chi connectivity index (χ4n) is 2.32. The first-order chi connectivity index (χ1) is 11.9. The van der Waals surface area contributed by atoms with E-state index in [2.05, 4.69) is 10.6 Å². The molecule has 0 heterocycles. The van der Waals surface area contributed by atoms with E-state index in [1.54, 1.807) is 42.5 Å². The largest absolute Gasteiger partial charge is 0.392 e. The van der Waals surface area contributed by atoms with Crippen LogP contribution in [0.1, 0.15) is 36.2 Å². The maximum absolute atomic E-state index is 12.3. The van der Waals surface area contributed by atoms with Crippen molar-refractivity contribution in [3.05, 3.63) is 59.7 Å². The number of carbonyl (C=O) groups excluding carboxylic acids is 2. The number of rotatable bonds is 6. The van der Waals surface area contributed by atoms with E-state index in [-0.39, 0.29) is 24.2 Å². The highest BCUT2D eigenvalue weighted by Crippen LogP contribution is 2.24. The summed E-state index contributed by atoms with van der Waals surface area (Å²) in [7, 11) is 0. The molecule has 0 aromatic heterocycles. The molecule has 2 rings (SSSR count). The average molecular weight is 340 g/mol. The number of hydrogen-bond donors (Lipinski definition) is 3. The van der Waals surface area contributed by atoms with Crippen molar-refractivity contribution in [2.45, 2.75) is 33.3 Å². The first-order valence-corrected chi connectivity index (χ1v) is 8.32. The van der Waals surface area contributed by atoms with Crippen molar-refractivity contribution in [1.29, 1.82) is 0 Å². The van der Waals surface area contributed by atoms with Crippen molar-refractivity contribution < 1.29 is 14.7 Å². The van der Waals surface area contributed by atoms with Crippen LogP contribution in [0.5, 0.6) is 0 Å². The Kier molecular flexibility index (Phi) is 6.31. The summed E-state index contributed by atoms with van der Waals surface area (Å²) in [6.07, 6.45) is -0.640. The van der Waals surface area contributed by atoms with Gasteiger partial charge in [-0.2, -0.15) is 0 Å². The fraction of sp³-hybridized carbons (Fsp3) is 0.300. The molecule has 0 saturated heterocycles. The summed E-state index contributed by atoms with van der Waals surface area (Å²) in [6.45, 7) is 5.56. The van der Waals surface area contributed by atoms with Gasteiger partial charge in [0.15, 0.2) is 0 Å². The van der Waals surface area contributed by atoms with Crippen LogP contribution in [0.15, 0.2) is 48.5 Å². The highest BCUT2D eigenvalue weighted by Gasteiger charge is 2.16. The van der Waals surface area contributed by atoms with Crippen LogP contribution in [-0.2, 0) is 4.79 Å². The van der Waals surface area contributed by atoms with Crippen LogP contribution in [-0.4, -0.2) is 23.0 Å². The second-order valence-electron chi connectivity index (χ2n) is 6.36. The van der Waals surface area contributed by atoms with E-state index in [0.29, 0.717) is 16.9 Å². The molecule has 0 spiro atoms. The topological polar surface area (TPSA) is 78.4 Å². The normalized spacial score (nSPS) is 11.9. The van der Waals surface area contributed by atoms with Gasteiger partial charge in [-0.15, -0.1) is 0 Å². The van der Waals surface area contributed by atoms with E-state index in [1.165, 1.54) is 0 Å². The van der Waals surface area contributed by atoms with Gasteiger partial charge in [0.1, 0.15) is 0 Å². The molecule has 5 nitrogen and oxygen atoms in total. The number of anilines is 2. The van der Waals surface area contributed by atoms with Crippen molar-refractivity contribution >= 4 is 23.2 Å². The van der Waals surface area contributed by atoms with E-state index in [4.69, 9.17) is 0 Å². The molecule has 2 aromatic rings. The number of nitrogens with one attached hydrogen (secondary N) is 2. The standard InChI is InChI=1S/C20H24N2O3/c1-13(2)18(23)12-19(24)21-16-10-7-11-17(14(16)3)22-20(25)15-8-5-4-6-9-15/h4-11,13,18,23H,12H2,1-3H3,(H,21,24)(H,22,25). The lowest BCUT2D eigenvalue weighted by atomic mass is 10.0. The first-order valence-electron chi connectivity index (χ1n) is 8.32. The predicted molar refractivity (Wildman–Crippen MR) is 99.7 cm³/mol. The Morgan fingerprint density at radius 3 is 2.16 bits per heavy atom. The SMILES string of the molecule is Cc1c(NC(=O)CC(O)C(C)C)cccc1NC(=O)c1ccccc1. The third-order valence-corrected chi connectivity index (χ3v) is 4.06. The third-order valence-electron chi connectivity index (χ3n) is 4.06. The Bertz CT molecular complexity index is 742.